The first-order chi connectivity index (χ1) is 13.3. The SMILES string of the molecule is COc1ccccc1N1N=C(c2ccccc2)NN1c1ccccc1OC. The van der Waals surface area contributed by atoms with Gasteiger partial charge in [-0.15, -0.1) is 10.2 Å². The number of hydrazone groups is 1. The van der Waals surface area contributed by atoms with Gasteiger partial charge in [-0.1, -0.05) is 54.6 Å². The average molecular weight is 360 g/mol. The molecule has 0 unspecified atom stereocenters. The molecule has 3 aromatic rings. The standard InChI is InChI=1S/C21H20N4O2/c1-26-19-14-8-6-12-17(19)24-22-21(16-10-4-3-5-11-16)23-25(24)18-13-7-9-15-20(18)27-2/h3-15H,1-2H3,(H,22,23). The summed E-state index contributed by atoms with van der Waals surface area (Å²) in [5, 5.41) is 8.42. The molecule has 1 N–H and O–H groups in total. The molecule has 6 heteroatoms. The van der Waals surface area contributed by atoms with E-state index in [0.29, 0.717) is 0 Å². The Labute approximate surface area is 158 Å². The minimum absolute atomic E-state index is 0.720. The van der Waals surface area contributed by atoms with Crippen molar-refractivity contribution in [3.8, 4) is 11.5 Å². The third kappa shape index (κ3) is 3.13. The highest BCUT2D eigenvalue weighted by Crippen LogP contribution is 2.36. The van der Waals surface area contributed by atoms with Crippen LogP contribution in [0.15, 0.2) is 84.0 Å². The van der Waals surface area contributed by atoms with Crippen LogP contribution in [0, 0.1) is 0 Å². The van der Waals surface area contributed by atoms with Crippen molar-refractivity contribution in [2.45, 2.75) is 0 Å². The lowest BCUT2D eigenvalue weighted by Gasteiger charge is -2.29. The maximum atomic E-state index is 5.55. The van der Waals surface area contributed by atoms with E-state index in [2.05, 4.69) is 5.43 Å². The molecular formula is C21H20N4O2. The van der Waals surface area contributed by atoms with Crippen LogP contribution in [0.4, 0.5) is 11.4 Å². The van der Waals surface area contributed by atoms with Crippen molar-refractivity contribution >= 4 is 17.2 Å². The fourth-order valence-electron chi connectivity index (χ4n) is 2.95. The van der Waals surface area contributed by atoms with Gasteiger partial charge < -0.3 is 9.47 Å². The van der Waals surface area contributed by atoms with Crippen LogP contribution in [-0.2, 0) is 0 Å². The maximum absolute atomic E-state index is 5.55. The molecule has 0 atom stereocenters. The second kappa shape index (κ2) is 7.29. The highest BCUT2D eigenvalue weighted by Gasteiger charge is 2.30. The third-order valence-corrected chi connectivity index (χ3v) is 4.26. The molecule has 0 amide bonds. The lowest BCUT2D eigenvalue weighted by Crippen LogP contribution is -2.45. The van der Waals surface area contributed by atoms with E-state index < -0.39 is 0 Å². The van der Waals surface area contributed by atoms with E-state index in [0.717, 1.165) is 34.3 Å². The molecule has 0 saturated heterocycles. The van der Waals surface area contributed by atoms with Crippen LogP contribution in [0.25, 0.3) is 0 Å². The zero-order valence-electron chi connectivity index (χ0n) is 15.2. The first-order valence-electron chi connectivity index (χ1n) is 8.58. The van der Waals surface area contributed by atoms with Crippen molar-refractivity contribution < 1.29 is 9.47 Å². The Morgan fingerprint density at radius 1 is 0.704 bits per heavy atom. The second-order valence-electron chi connectivity index (χ2n) is 5.87. The predicted octanol–water partition coefficient (Wildman–Crippen LogP) is 3.81. The molecule has 0 saturated carbocycles. The van der Waals surface area contributed by atoms with Crippen LogP contribution in [-0.4, -0.2) is 20.1 Å². The molecule has 0 aliphatic carbocycles. The smallest absolute Gasteiger partial charge is 0.176 e. The van der Waals surface area contributed by atoms with Gasteiger partial charge in [0, 0.05) is 5.56 Å². The summed E-state index contributed by atoms with van der Waals surface area (Å²) >= 11 is 0. The van der Waals surface area contributed by atoms with Crippen LogP contribution >= 0.6 is 0 Å². The van der Waals surface area contributed by atoms with Gasteiger partial charge in [0.2, 0.25) is 0 Å². The number of methoxy groups -OCH3 is 2. The Bertz CT molecular complexity index is 959. The monoisotopic (exact) mass is 360 g/mol. The number of anilines is 2. The number of benzene rings is 3. The number of ether oxygens (including phenoxy) is 2. The van der Waals surface area contributed by atoms with E-state index in [1.807, 2.05) is 84.0 Å². The van der Waals surface area contributed by atoms with Gasteiger partial charge in [-0.2, -0.15) is 5.12 Å². The molecule has 0 fully saturated rings. The van der Waals surface area contributed by atoms with Gasteiger partial charge in [0.25, 0.3) is 0 Å². The first kappa shape index (κ1) is 16.8. The minimum Gasteiger partial charge on any atom is -0.494 e. The third-order valence-electron chi connectivity index (χ3n) is 4.26. The topological polar surface area (TPSA) is 49.3 Å². The van der Waals surface area contributed by atoms with Crippen molar-refractivity contribution in [1.29, 1.82) is 0 Å². The van der Waals surface area contributed by atoms with Crippen molar-refractivity contribution in [1.82, 2.24) is 5.43 Å². The van der Waals surface area contributed by atoms with Gasteiger partial charge in [0.05, 0.1) is 14.2 Å². The van der Waals surface area contributed by atoms with E-state index in [1.54, 1.807) is 19.3 Å². The fraction of sp³-hybridized carbons (Fsp3) is 0.0952. The van der Waals surface area contributed by atoms with Crippen molar-refractivity contribution in [2.75, 3.05) is 24.5 Å². The molecule has 0 spiro atoms. The molecule has 1 aliphatic rings. The Kier molecular flexibility index (Phi) is 4.53. The van der Waals surface area contributed by atoms with Gasteiger partial charge >= 0.3 is 0 Å². The number of para-hydroxylation sites is 4. The maximum Gasteiger partial charge on any atom is 0.176 e. The Balaban J connectivity index is 1.82. The zero-order valence-corrected chi connectivity index (χ0v) is 15.2. The van der Waals surface area contributed by atoms with Crippen LogP contribution in [0.3, 0.4) is 0 Å². The van der Waals surface area contributed by atoms with E-state index in [4.69, 9.17) is 14.6 Å². The molecule has 0 aromatic heterocycles. The summed E-state index contributed by atoms with van der Waals surface area (Å²) in [5.74, 6) is 2.18. The highest BCUT2D eigenvalue weighted by atomic mass is 16.5. The molecule has 0 radical (unpaired) electrons. The Hall–Kier alpha value is -3.67. The molecule has 4 rings (SSSR count). The lowest BCUT2D eigenvalue weighted by atomic mass is 10.2. The summed E-state index contributed by atoms with van der Waals surface area (Å²) < 4.78 is 11.1. The molecule has 1 aliphatic heterocycles. The van der Waals surface area contributed by atoms with E-state index in [1.165, 1.54) is 0 Å². The van der Waals surface area contributed by atoms with Crippen molar-refractivity contribution in [3.05, 3.63) is 84.4 Å². The quantitative estimate of drug-likeness (QED) is 0.750. The summed E-state index contributed by atoms with van der Waals surface area (Å²) in [6.45, 7) is 0. The summed E-state index contributed by atoms with van der Waals surface area (Å²) in [5.41, 5.74) is 6.00. The van der Waals surface area contributed by atoms with Gasteiger partial charge in [-0.05, 0) is 24.3 Å². The molecule has 6 nitrogen and oxygen atoms in total. The van der Waals surface area contributed by atoms with Gasteiger partial charge in [0.1, 0.15) is 22.9 Å². The lowest BCUT2D eigenvalue weighted by molar-refractivity contribution is 0.410. The molecule has 27 heavy (non-hydrogen) atoms. The second-order valence-corrected chi connectivity index (χ2v) is 5.87. The van der Waals surface area contributed by atoms with Crippen LogP contribution in [0.2, 0.25) is 0 Å². The molecule has 136 valence electrons. The number of rotatable bonds is 5. The number of hydrogen-bond donors (Lipinski definition) is 1. The predicted molar refractivity (Wildman–Crippen MR) is 107 cm³/mol. The first-order valence-corrected chi connectivity index (χ1v) is 8.58. The van der Waals surface area contributed by atoms with Gasteiger partial charge in [-0.3, -0.25) is 5.43 Å². The molecular weight excluding hydrogens is 340 g/mol. The number of amidine groups is 1. The normalized spacial score (nSPS) is 13.2. The van der Waals surface area contributed by atoms with E-state index >= 15 is 0 Å². The van der Waals surface area contributed by atoms with Crippen molar-refractivity contribution in [3.63, 3.8) is 0 Å². The Morgan fingerprint density at radius 2 is 1.26 bits per heavy atom. The average Bonchev–Trinajstić information content (AvgIpc) is 3.19. The van der Waals surface area contributed by atoms with Crippen LogP contribution < -0.4 is 25.1 Å². The van der Waals surface area contributed by atoms with Gasteiger partial charge in [0.15, 0.2) is 5.84 Å². The van der Waals surface area contributed by atoms with Crippen LogP contribution in [0.5, 0.6) is 11.5 Å². The van der Waals surface area contributed by atoms with Crippen LogP contribution in [0.1, 0.15) is 5.56 Å². The summed E-state index contributed by atoms with van der Waals surface area (Å²) in [6.07, 6.45) is 0. The van der Waals surface area contributed by atoms with Gasteiger partial charge in [-0.25, -0.2) is 0 Å². The minimum atomic E-state index is 0.720. The largest absolute Gasteiger partial charge is 0.494 e. The zero-order chi connectivity index (χ0) is 18.6. The number of nitrogens with zero attached hydrogens (tertiary/aromatic N) is 3. The number of hydrogen-bond acceptors (Lipinski definition) is 6. The van der Waals surface area contributed by atoms with Crippen molar-refractivity contribution in [2.24, 2.45) is 5.10 Å². The fourth-order valence-corrected chi connectivity index (χ4v) is 2.95. The summed E-state index contributed by atoms with van der Waals surface area (Å²) in [7, 11) is 3.30. The summed E-state index contributed by atoms with van der Waals surface area (Å²) in [6, 6.07) is 25.5. The molecule has 1 heterocycles. The van der Waals surface area contributed by atoms with E-state index in [9.17, 15) is 0 Å². The van der Waals surface area contributed by atoms with E-state index in [-0.39, 0.29) is 0 Å². The highest BCUT2D eigenvalue weighted by molar-refractivity contribution is 6.02. The number of nitrogens with one attached hydrogen (secondary N) is 1. The molecule has 0 bridgehead atoms. The molecule has 3 aromatic carbocycles. The summed E-state index contributed by atoms with van der Waals surface area (Å²) in [4.78, 5) is 0. The number of hydrazine groups is 2. The Morgan fingerprint density at radius 3 is 1.93 bits per heavy atom.